The van der Waals surface area contributed by atoms with E-state index < -0.39 is 0 Å². The highest BCUT2D eigenvalue weighted by molar-refractivity contribution is 8.00. The number of thioether (sulfide) groups is 1. The summed E-state index contributed by atoms with van der Waals surface area (Å²) in [6, 6.07) is 11.1. The monoisotopic (exact) mass is 328 g/mol. The van der Waals surface area contributed by atoms with Gasteiger partial charge in [0, 0.05) is 11.3 Å². The van der Waals surface area contributed by atoms with Crippen LogP contribution in [0, 0.1) is 20.8 Å². The van der Waals surface area contributed by atoms with Crippen LogP contribution >= 0.6 is 11.8 Å². The van der Waals surface area contributed by atoms with Crippen molar-refractivity contribution in [3.05, 3.63) is 58.9 Å². The summed E-state index contributed by atoms with van der Waals surface area (Å²) in [6.07, 6.45) is 0. The Bertz CT molecular complexity index is 691. The first-order valence-electron chi connectivity index (χ1n) is 7.38. The van der Waals surface area contributed by atoms with Gasteiger partial charge in [0.15, 0.2) is 5.78 Å². The zero-order valence-corrected chi connectivity index (χ0v) is 14.4. The van der Waals surface area contributed by atoms with Gasteiger partial charge >= 0.3 is 0 Å². The molecular formula is C18H20N2O2S. The third-order valence-corrected chi connectivity index (χ3v) is 4.28. The van der Waals surface area contributed by atoms with Crippen LogP contribution in [0.1, 0.15) is 27.3 Å². The molecule has 0 bridgehead atoms. The highest BCUT2D eigenvalue weighted by Gasteiger charge is 2.11. The SMILES string of the molecule is Cc1cc(C)c(NC(=O)CSCC(=O)c2ccccc2)c(C)n1. The van der Waals surface area contributed by atoms with Crippen LogP contribution in [0.2, 0.25) is 0 Å². The van der Waals surface area contributed by atoms with E-state index in [4.69, 9.17) is 0 Å². The Morgan fingerprint density at radius 1 is 1.09 bits per heavy atom. The first kappa shape index (κ1) is 17.2. The number of hydrogen-bond acceptors (Lipinski definition) is 4. The van der Waals surface area contributed by atoms with Gasteiger partial charge in [0.2, 0.25) is 5.91 Å². The van der Waals surface area contributed by atoms with Crippen LogP contribution < -0.4 is 5.32 Å². The molecule has 0 aliphatic carbocycles. The van der Waals surface area contributed by atoms with E-state index >= 15 is 0 Å². The molecule has 0 unspecified atom stereocenters. The molecule has 1 heterocycles. The summed E-state index contributed by atoms with van der Waals surface area (Å²) >= 11 is 1.32. The number of hydrogen-bond donors (Lipinski definition) is 1. The fraction of sp³-hybridized carbons (Fsp3) is 0.278. The smallest absolute Gasteiger partial charge is 0.234 e. The average Bonchev–Trinajstić information content (AvgIpc) is 2.51. The Labute approximate surface area is 140 Å². The molecular weight excluding hydrogens is 308 g/mol. The predicted octanol–water partition coefficient (Wildman–Crippen LogP) is 3.56. The van der Waals surface area contributed by atoms with Gasteiger partial charge < -0.3 is 5.32 Å². The number of ketones is 1. The minimum atomic E-state index is -0.118. The van der Waals surface area contributed by atoms with Gasteiger partial charge in [-0.2, -0.15) is 0 Å². The van der Waals surface area contributed by atoms with E-state index in [2.05, 4.69) is 10.3 Å². The van der Waals surface area contributed by atoms with Crippen molar-refractivity contribution >= 4 is 29.1 Å². The van der Waals surface area contributed by atoms with Crippen molar-refractivity contribution in [1.82, 2.24) is 4.98 Å². The lowest BCUT2D eigenvalue weighted by molar-refractivity contribution is -0.113. The number of anilines is 1. The lowest BCUT2D eigenvalue weighted by Gasteiger charge is -2.11. The van der Waals surface area contributed by atoms with Crippen LogP contribution in [0.3, 0.4) is 0 Å². The summed E-state index contributed by atoms with van der Waals surface area (Å²) in [4.78, 5) is 28.4. The number of benzene rings is 1. The molecule has 0 saturated heterocycles. The quantitative estimate of drug-likeness (QED) is 0.824. The third-order valence-electron chi connectivity index (χ3n) is 3.35. The number of pyridine rings is 1. The standard InChI is InChI=1S/C18H20N2O2S/c1-12-9-13(2)19-14(3)18(12)20-17(22)11-23-10-16(21)15-7-5-4-6-8-15/h4-9H,10-11H2,1-3H3,(H,20,22). The van der Waals surface area contributed by atoms with Crippen molar-refractivity contribution in [1.29, 1.82) is 0 Å². The molecule has 2 rings (SSSR count). The minimum absolute atomic E-state index is 0.0350. The van der Waals surface area contributed by atoms with Crippen molar-refractivity contribution in [2.45, 2.75) is 20.8 Å². The summed E-state index contributed by atoms with van der Waals surface area (Å²) < 4.78 is 0. The van der Waals surface area contributed by atoms with E-state index in [0.717, 1.165) is 22.6 Å². The Hall–Kier alpha value is -2.14. The second-order valence-electron chi connectivity index (χ2n) is 5.37. The average molecular weight is 328 g/mol. The number of amides is 1. The van der Waals surface area contributed by atoms with Gasteiger partial charge in [-0.3, -0.25) is 14.6 Å². The van der Waals surface area contributed by atoms with Gasteiger partial charge in [-0.05, 0) is 32.4 Å². The van der Waals surface area contributed by atoms with Crippen molar-refractivity contribution in [2.24, 2.45) is 0 Å². The lowest BCUT2D eigenvalue weighted by Crippen LogP contribution is -2.17. The maximum atomic E-state index is 12.0. The molecule has 1 amide bonds. The van der Waals surface area contributed by atoms with Crippen LogP contribution in [-0.4, -0.2) is 28.2 Å². The van der Waals surface area contributed by atoms with Crippen LogP contribution in [-0.2, 0) is 4.79 Å². The van der Waals surface area contributed by atoms with Crippen molar-refractivity contribution < 1.29 is 9.59 Å². The van der Waals surface area contributed by atoms with Crippen molar-refractivity contribution in [3.63, 3.8) is 0 Å². The van der Waals surface area contributed by atoms with E-state index in [1.54, 1.807) is 12.1 Å². The summed E-state index contributed by atoms with van der Waals surface area (Å²) in [7, 11) is 0. The fourth-order valence-corrected chi connectivity index (χ4v) is 3.04. The van der Waals surface area contributed by atoms with E-state index in [9.17, 15) is 9.59 Å². The molecule has 0 aliphatic heterocycles. The summed E-state index contributed by atoms with van der Waals surface area (Å²) in [6.45, 7) is 5.75. The Balaban J connectivity index is 1.85. The van der Waals surface area contributed by atoms with Crippen LogP contribution in [0.4, 0.5) is 5.69 Å². The molecule has 0 radical (unpaired) electrons. The van der Waals surface area contributed by atoms with Gasteiger partial charge in [0.1, 0.15) is 0 Å². The summed E-state index contributed by atoms with van der Waals surface area (Å²) in [5.74, 6) is 0.452. The predicted molar refractivity (Wildman–Crippen MR) is 95.2 cm³/mol. The number of carbonyl (C=O) groups is 2. The molecule has 120 valence electrons. The number of aromatic nitrogens is 1. The van der Waals surface area contributed by atoms with Crippen LogP contribution in [0.25, 0.3) is 0 Å². The van der Waals surface area contributed by atoms with Gasteiger partial charge in [-0.25, -0.2) is 0 Å². The van der Waals surface area contributed by atoms with E-state index in [-0.39, 0.29) is 17.4 Å². The molecule has 0 atom stereocenters. The van der Waals surface area contributed by atoms with Crippen LogP contribution in [0.15, 0.2) is 36.4 Å². The lowest BCUT2D eigenvalue weighted by atomic mass is 10.1. The number of aryl methyl sites for hydroxylation is 3. The van der Waals surface area contributed by atoms with Crippen LogP contribution in [0.5, 0.6) is 0 Å². The fourth-order valence-electron chi connectivity index (χ4n) is 2.33. The van der Waals surface area contributed by atoms with Crippen molar-refractivity contribution in [3.8, 4) is 0 Å². The topological polar surface area (TPSA) is 59.1 Å². The molecule has 0 aliphatic rings. The number of nitrogens with zero attached hydrogens (tertiary/aromatic N) is 1. The Kier molecular flexibility index (Phi) is 5.93. The Morgan fingerprint density at radius 3 is 2.43 bits per heavy atom. The maximum absolute atomic E-state index is 12.0. The largest absolute Gasteiger partial charge is 0.324 e. The second kappa shape index (κ2) is 7.92. The molecule has 0 saturated carbocycles. The van der Waals surface area contributed by atoms with Gasteiger partial charge in [-0.1, -0.05) is 30.3 Å². The Morgan fingerprint density at radius 2 is 1.78 bits per heavy atom. The summed E-state index contributed by atoms with van der Waals surface area (Å²) in [5.41, 5.74) is 4.17. The highest BCUT2D eigenvalue weighted by atomic mass is 32.2. The number of Topliss-reactive ketones (excluding diaryl/α,β-unsaturated/α-hetero) is 1. The van der Waals surface area contributed by atoms with E-state index in [1.165, 1.54) is 11.8 Å². The van der Waals surface area contributed by atoms with E-state index in [0.29, 0.717) is 11.3 Å². The molecule has 0 fully saturated rings. The van der Waals surface area contributed by atoms with Gasteiger partial charge in [-0.15, -0.1) is 11.8 Å². The summed E-state index contributed by atoms with van der Waals surface area (Å²) in [5, 5.41) is 2.89. The number of rotatable bonds is 6. The van der Waals surface area contributed by atoms with Crippen molar-refractivity contribution in [2.75, 3.05) is 16.8 Å². The number of carbonyl (C=O) groups excluding carboxylic acids is 2. The maximum Gasteiger partial charge on any atom is 0.234 e. The molecule has 1 N–H and O–H groups in total. The number of nitrogens with one attached hydrogen (secondary N) is 1. The first-order valence-corrected chi connectivity index (χ1v) is 8.53. The molecule has 1 aromatic heterocycles. The first-order chi connectivity index (χ1) is 11.0. The van der Waals surface area contributed by atoms with E-state index in [1.807, 2.05) is 45.0 Å². The molecule has 1 aromatic carbocycles. The zero-order valence-electron chi connectivity index (χ0n) is 13.6. The molecule has 2 aromatic rings. The molecule has 23 heavy (non-hydrogen) atoms. The second-order valence-corrected chi connectivity index (χ2v) is 6.36. The normalized spacial score (nSPS) is 10.4. The molecule has 4 nitrogen and oxygen atoms in total. The minimum Gasteiger partial charge on any atom is -0.324 e. The van der Waals surface area contributed by atoms with Gasteiger partial charge in [0.05, 0.1) is 22.9 Å². The van der Waals surface area contributed by atoms with Gasteiger partial charge in [0.25, 0.3) is 0 Å². The highest BCUT2D eigenvalue weighted by Crippen LogP contribution is 2.19. The third kappa shape index (κ3) is 4.93. The molecule has 0 spiro atoms. The zero-order chi connectivity index (χ0) is 16.8. The molecule has 5 heteroatoms.